The number of para-hydroxylation sites is 1. The average molecular weight is 262 g/mol. The molecule has 0 bridgehead atoms. The van der Waals surface area contributed by atoms with E-state index in [2.05, 4.69) is 11.9 Å². The van der Waals surface area contributed by atoms with E-state index in [1.54, 1.807) is 12.1 Å². The summed E-state index contributed by atoms with van der Waals surface area (Å²) in [5.74, 6) is -2.11. The van der Waals surface area contributed by atoms with Crippen molar-refractivity contribution < 1.29 is 9.18 Å². The van der Waals surface area contributed by atoms with Crippen LogP contribution < -0.4 is 5.32 Å². The number of rotatable bonds is 4. The molecule has 0 spiro atoms. The van der Waals surface area contributed by atoms with Gasteiger partial charge in [-0.15, -0.1) is 0 Å². The summed E-state index contributed by atoms with van der Waals surface area (Å²) in [6.07, 6.45) is 0. The number of Topliss-reactive ketones (excluding diaryl/α,β-unsaturated/α-hetero) is 1. The summed E-state index contributed by atoms with van der Waals surface area (Å²) >= 11 is 4.95. The molecule has 0 radical (unpaired) electrons. The number of allylic oxidation sites excluding steroid dienone is 1. The van der Waals surface area contributed by atoms with Crippen LogP contribution in [-0.4, -0.2) is 10.8 Å². The highest BCUT2D eigenvalue weighted by Crippen LogP contribution is 2.15. The second-order valence-corrected chi connectivity index (χ2v) is 4.12. The zero-order valence-electron chi connectivity index (χ0n) is 9.74. The summed E-state index contributed by atoms with van der Waals surface area (Å²) in [7, 11) is 0. The lowest BCUT2D eigenvalue weighted by molar-refractivity contribution is -0.116. The van der Waals surface area contributed by atoms with Crippen LogP contribution in [0.25, 0.3) is 0 Å². The number of hydrogen-bond acceptors (Lipinski definition) is 3. The Hall–Kier alpha value is -2.06. The zero-order chi connectivity index (χ0) is 13.7. The van der Waals surface area contributed by atoms with Crippen LogP contribution in [0.15, 0.2) is 36.4 Å². The summed E-state index contributed by atoms with van der Waals surface area (Å²) in [6, 6.07) is 7.67. The molecule has 1 N–H and O–H groups in total. The van der Waals surface area contributed by atoms with Crippen molar-refractivity contribution in [2.75, 3.05) is 5.32 Å². The Morgan fingerprint density at radius 2 is 2.17 bits per heavy atom. The Balaban J connectivity index is 2.89. The summed E-state index contributed by atoms with van der Waals surface area (Å²) < 4.78 is 13.4. The second-order valence-electron chi connectivity index (χ2n) is 3.68. The average Bonchev–Trinajstić information content (AvgIpc) is 2.32. The summed E-state index contributed by atoms with van der Waals surface area (Å²) in [5.41, 5.74) is 0.372. The van der Waals surface area contributed by atoms with Crippen LogP contribution in [0.1, 0.15) is 6.92 Å². The number of hydrogen-bond donors (Lipinski definition) is 1. The van der Waals surface area contributed by atoms with E-state index in [0.717, 1.165) is 0 Å². The molecule has 1 atom stereocenters. The molecule has 1 unspecified atom stereocenters. The van der Waals surface area contributed by atoms with Gasteiger partial charge < -0.3 is 5.32 Å². The number of carbonyl (C=O) groups excluding carboxylic acids is 1. The SMILES string of the molecule is C=C(C)C(=O)C(C#N)C(=S)Nc1ccccc1F. The Morgan fingerprint density at radius 3 is 2.67 bits per heavy atom. The Morgan fingerprint density at radius 1 is 1.56 bits per heavy atom. The van der Waals surface area contributed by atoms with Crippen LogP contribution in [0.5, 0.6) is 0 Å². The molecule has 0 aliphatic carbocycles. The number of halogens is 1. The maximum atomic E-state index is 13.4. The molecule has 1 aromatic carbocycles. The number of anilines is 1. The van der Waals surface area contributed by atoms with Crippen molar-refractivity contribution in [1.82, 2.24) is 0 Å². The van der Waals surface area contributed by atoms with E-state index in [1.807, 2.05) is 0 Å². The lowest BCUT2D eigenvalue weighted by atomic mass is 10.0. The molecule has 3 nitrogen and oxygen atoms in total. The number of nitrogens with one attached hydrogen (secondary N) is 1. The third-order valence-electron chi connectivity index (χ3n) is 2.21. The molecule has 0 saturated carbocycles. The maximum absolute atomic E-state index is 13.4. The van der Waals surface area contributed by atoms with E-state index in [9.17, 15) is 9.18 Å². The van der Waals surface area contributed by atoms with Crippen molar-refractivity contribution >= 4 is 28.7 Å². The van der Waals surface area contributed by atoms with E-state index in [-0.39, 0.29) is 16.2 Å². The molecule has 0 heterocycles. The fourth-order valence-corrected chi connectivity index (χ4v) is 1.52. The molecule has 0 fully saturated rings. The van der Waals surface area contributed by atoms with Crippen molar-refractivity contribution in [2.45, 2.75) is 6.92 Å². The van der Waals surface area contributed by atoms with Crippen LogP contribution in [0.3, 0.4) is 0 Å². The van der Waals surface area contributed by atoms with E-state index < -0.39 is 17.5 Å². The lowest BCUT2D eigenvalue weighted by Gasteiger charge is -2.12. The topological polar surface area (TPSA) is 52.9 Å². The summed E-state index contributed by atoms with van der Waals surface area (Å²) in [4.78, 5) is 11.6. The molecular weight excluding hydrogens is 251 g/mol. The third kappa shape index (κ3) is 3.22. The summed E-state index contributed by atoms with van der Waals surface area (Å²) in [5, 5.41) is 11.5. The van der Waals surface area contributed by atoms with Crippen LogP contribution in [0.4, 0.5) is 10.1 Å². The van der Waals surface area contributed by atoms with Gasteiger partial charge in [-0.3, -0.25) is 4.79 Å². The van der Waals surface area contributed by atoms with Crippen molar-refractivity contribution in [1.29, 1.82) is 5.26 Å². The Kier molecular flexibility index (Phi) is 4.69. The first-order valence-electron chi connectivity index (χ1n) is 5.12. The number of ketones is 1. The van der Waals surface area contributed by atoms with Gasteiger partial charge >= 0.3 is 0 Å². The zero-order valence-corrected chi connectivity index (χ0v) is 10.6. The van der Waals surface area contributed by atoms with Gasteiger partial charge in [-0.2, -0.15) is 5.26 Å². The molecule has 92 valence electrons. The highest BCUT2D eigenvalue weighted by Gasteiger charge is 2.23. The quantitative estimate of drug-likeness (QED) is 0.669. The highest BCUT2D eigenvalue weighted by atomic mass is 32.1. The van der Waals surface area contributed by atoms with Crippen molar-refractivity contribution in [3.63, 3.8) is 0 Å². The van der Waals surface area contributed by atoms with Crippen molar-refractivity contribution in [2.24, 2.45) is 5.92 Å². The molecule has 1 rings (SSSR count). The molecule has 0 saturated heterocycles. The van der Waals surface area contributed by atoms with Crippen LogP contribution in [0, 0.1) is 23.1 Å². The van der Waals surface area contributed by atoms with Crippen LogP contribution in [0.2, 0.25) is 0 Å². The molecule has 1 aromatic rings. The van der Waals surface area contributed by atoms with Gasteiger partial charge in [-0.05, 0) is 24.6 Å². The maximum Gasteiger partial charge on any atom is 0.182 e. The molecule has 0 aliphatic heterocycles. The third-order valence-corrected chi connectivity index (χ3v) is 2.54. The van der Waals surface area contributed by atoms with Gasteiger partial charge in [-0.25, -0.2) is 4.39 Å². The predicted molar refractivity (Wildman–Crippen MR) is 71.5 cm³/mol. The standard InChI is InChI=1S/C13H11FN2OS/c1-8(2)12(17)9(7-15)13(18)16-11-6-4-3-5-10(11)14/h3-6,9H,1H2,2H3,(H,16,18). The van der Waals surface area contributed by atoms with Gasteiger partial charge in [0.15, 0.2) is 11.7 Å². The second kappa shape index (κ2) is 6.03. The number of carbonyl (C=O) groups is 1. The van der Waals surface area contributed by atoms with Gasteiger partial charge in [0.25, 0.3) is 0 Å². The van der Waals surface area contributed by atoms with E-state index in [4.69, 9.17) is 17.5 Å². The first-order valence-corrected chi connectivity index (χ1v) is 5.53. The van der Waals surface area contributed by atoms with Crippen molar-refractivity contribution in [3.8, 4) is 6.07 Å². The molecule has 0 aromatic heterocycles. The number of nitriles is 1. The van der Waals surface area contributed by atoms with Crippen LogP contribution >= 0.6 is 12.2 Å². The highest BCUT2D eigenvalue weighted by molar-refractivity contribution is 7.80. The molecule has 0 amide bonds. The van der Waals surface area contributed by atoms with Gasteiger partial charge in [0.1, 0.15) is 10.8 Å². The fraction of sp³-hybridized carbons (Fsp3) is 0.154. The van der Waals surface area contributed by atoms with Gasteiger partial charge in [-0.1, -0.05) is 30.9 Å². The van der Waals surface area contributed by atoms with E-state index in [1.165, 1.54) is 25.1 Å². The van der Waals surface area contributed by atoms with Gasteiger partial charge in [0, 0.05) is 0 Å². The normalized spacial score (nSPS) is 11.2. The lowest BCUT2D eigenvalue weighted by Crippen LogP contribution is -2.27. The van der Waals surface area contributed by atoms with Gasteiger partial charge in [0.05, 0.1) is 11.8 Å². The molecule has 18 heavy (non-hydrogen) atoms. The Bertz CT molecular complexity index is 548. The number of nitrogens with zero attached hydrogens (tertiary/aromatic N) is 1. The molecular formula is C13H11FN2OS. The number of thiocarbonyl (C=S) groups is 1. The van der Waals surface area contributed by atoms with Crippen molar-refractivity contribution in [3.05, 3.63) is 42.2 Å². The first kappa shape index (κ1) is 14.0. The smallest absolute Gasteiger partial charge is 0.182 e. The molecule has 5 heteroatoms. The predicted octanol–water partition coefficient (Wildman–Crippen LogP) is 2.85. The largest absolute Gasteiger partial charge is 0.346 e. The fourth-order valence-electron chi connectivity index (χ4n) is 1.25. The summed E-state index contributed by atoms with van der Waals surface area (Å²) in [6.45, 7) is 4.97. The van der Waals surface area contributed by atoms with Crippen LogP contribution in [-0.2, 0) is 4.79 Å². The van der Waals surface area contributed by atoms with Gasteiger partial charge in [0.2, 0.25) is 0 Å². The minimum atomic E-state index is -1.14. The Labute approximate surface area is 110 Å². The van der Waals surface area contributed by atoms with E-state index in [0.29, 0.717) is 0 Å². The monoisotopic (exact) mass is 262 g/mol. The first-order chi connectivity index (χ1) is 8.47. The number of benzene rings is 1. The minimum absolute atomic E-state index is 0.0319. The minimum Gasteiger partial charge on any atom is -0.346 e. The van der Waals surface area contributed by atoms with E-state index >= 15 is 0 Å². The molecule has 0 aliphatic rings.